The zero-order valence-electron chi connectivity index (χ0n) is 13.2. The summed E-state index contributed by atoms with van der Waals surface area (Å²) in [6, 6.07) is 12.5. The molecule has 0 aliphatic carbocycles. The Morgan fingerprint density at radius 1 is 1.21 bits per heavy atom. The van der Waals surface area contributed by atoms with Crippen LogP contribution in [0.2, 0.25) is 0 Å². The summed E-state index contributed by atoms with van der Waals surface area (Å²) >= 11 is 0. The van der Waals surface area contributed by atoms with Crippen LogP contribution in [-0.4, -0.2) is 34.8 Å². The number of carbonyl (C=O) groups is 2. The van der Waals surface area contributed by atoms with Crippen molar-refractivity contribution in [3.8, 4) is 11.6 Å². The lowest BCUT2D eigenvalue weighted by Gasteiger charge is -2.31. The van der Waals surface area contributed by atoms with Gasteiger partial charge in [-0.1, -0.05) is 18.2 Å². The van der Waals surface area contributed by atoms with Crippen LogP contribution in [0.25, 0.3) is 0 Å². The molecule has 2 aromatic rings. The van der Waals surface area contributed by atoms with Crippen molar-refractivity contribution in [1.82, 2.24) is 9.88 Å². The third-order valence-electron chi connectivity index (χ3n) is 4.06. The van der Waals surface area contributed by atoms with Gasteiger partial charge in [-0.15, -0.1) is 0 Å². The third-order valence-corrected chi connectivity index (χ3v) is 4.06. The molecule has 0 radical (unpaired) electrons. The maximum absolute atomic E-state index is 12.7. The number of nitrogens with zero attached hydrogens (tertiary/aromatic N) is 2. The Hall–Kier alpha value is -2.89. The number of pyridine rings is 1. The molecule has 0 spiro atoms. The van der Waals surface area contributed by atoms with E-state index in [0.29, 0.717) is 30.3 Å². The summed E-state index contributed by atoms with van der Waals surface area (Å²) in [5.41, 5.74) is 5.86. The van der Waals surface area contributed by atoms with Crippen molar-refractivity contribution in [3.05, 3.63) is 54.2 Å². The minimum absolute atomic E-state index is 0.138. The molecule has 1 aromatic heterocycles. The van der Waals surface area contributed by atoms with E-state index in [2.05, 4.69) is 4.98 Å². The van der Waals surface area contributed by atoms with Crippen LogP contribution in [0, 0.1) is 5.92 Å². The number of nitrogens with two attached hydrogens (primary N) is 1. The molecule has 1 fully saturated rings. The number of hydrogen-bond acceptors (Lipinski definition) is 4. The molecule has 1 aliphatic heterocycles. The van der Waals surface area contributed by atoms with E-state index in [1.54, 1.807) is 23.2 Å². The Labute approximate surface area is 140 Å². The Kier molecular flexibility index (Phi) is 4.74. The van der Waals surface area contributed by atoms with E-state index in [0.717, 1.165) is 12.8 Å². The molecule has 0 saturated carbocycles. The van der Waals surface area contributed by atoms with Gasteiger partial charge in [0.2, 0.25) is 11.8 Å². The summed E-state index contributed by atoms with van der Waals surface area (Å²) in [5.74, 6) is 0.248. The number of amides is 2. The molecule has 1 aliphatic rings. The monoisotopic (exact) mass is 325 g/mol. The van der Waals surface area contributed by atoms with Gasteiger partial charge in [0.05, 0.1) is 5.92 Å². The van der Waals surface area contributed by atoms with Crippen LogP contribution in [0.5, 0.6) is 11.6 Å². The number of aromatic nitrogens is 1. The summed E-state index contributed by atoms with van der Waals surface area (Å²) in [6.45, 7) is 0.991. The maximum atomic E-state index is 12.7. The molecule has 1 aromatic carbocycles. The lowest BCUT2D eigenvalue weighted by molar-refractivity contribution is -0.123. The van der Waals surface area contributed by atoms with E-state index in [4.69, 9.17) is 10.5 Å². The molecular formula is C18H19N3O3. The first-order chi connectivity index (χ1) is 11.6. The van der Waals surface area contributed by atoms with E-state index >= 15 is 0 Å². The molecule has 1 unspecified atom stereocenters. The molecule has 1 saturated heterocycles. The number of primary amides is 1. The van der Waals surface area contributed by atoms with E-state index in [1.165, 1.54) is 0 Å². The third kappa shape index (κ3) is 3.71. The van der Waals surface area contributed by atoms with E-state index in [1.807, 2.05) is 30.3 Å². The van der Waals surface area contributed by atoms with E-state index in [-0.39, 0.29) is 17.7 Å². The van der Waals surface area contributed by atoms with Crippen molar-refractivity contribution < 1.29 is 14.3 Å². The quantitative estimate of drug-likeness (QED) is 0.934. The predicted molar refractivity (Wildman–Crippen MR) is 88.6 cm³/mol. The molecule has 2 heterocycles. The summed E-state index contributed by atoms with van der Waals surface area (Å²) in [7, 11) is 0. The second-order valence-corrected chi connectivity index (χ2v) is 5.79. The van der Waals surface area contributed by atoms with Crippen LogP contribution < -0.4 is 10.5 Å². The smallest absolute Gasteiger partial charge is 0.254 e. The molecule has 2 N–H and O–H groups in total. The lowest BCUT2D eigenvalue weighted by atomic mass is 9.97. The molecule has 0 bridgehead atoms. The largest absolute Gasteiger partial charge is 0.439 e. The van der Waals surface area contributed by atoms with Gasteiger partial charge in [0.15, 0.2) is 0 Å². The number of piperidine rings is 1. The van der Waals surface area contributed by atoms with Crippen molar-refractivity contribution in [2.75, 3.05) is 13.1 Å². The van der Waals surface area contributed by atoms with Crippen molar-refractivity contribution in [3.63, 3.8) is 0 Å². The average molecular weight is 325 g/mol. The fourth-order valence-corrected chi connectivity index (χ4v) is 2.78. The van der Waals surface area contributed by atoms with Crippen LogP contribution in [0.1, 0.15) is 23.2 Å². The van der Waals surface area contributed by atoms with Gasteiger partial charge in [-0.2, -0.15) is 0 Å². The van der Waals surface area contributed by atoms with E-state index < -0.39 is 0 Å². The number of hydrogen-bond donors (Lipinski definition) is 1. The predicted octanol–water partition coefficient (Wildman–Crippen LogP) is 2.21. The van der Waals surface area contributed by atoms with Gasteiger partial charge in [0.25, 0.3) is 5.91 Å². The average Bonchev–Trinajstić information content (AvgIpc) is 2.62. The highest BCUT2D eigenvalue weighted by Gasteiger charge is 2.27. The van der Waals surface area contributed by atoms with Gasteiger partial charge in [-0.25, -0.2) is 4.98 Å². The molecule has 1 atom stereocenters. The Bertz CT molecular complexity index is 733. The first-order valence-electron chi connectivity index (χ1n) is 7.91. The lowest BCUT2D eigenvalue weighted by Crippen LogP contribution is -2.44. The van der Waals surface area contributed by atoms with Crippen molar-refractivity contribution in [1.29, 1.82) is 0 Å². The van der Waals surface area contributed by atoms with Crippen LogP contribution in [0.4, 0.5) is 0 Å². The summed E-state index contributed by atoms with van der Waals surface area (Å²) in [6.07, 6.45) is 3.05. The minimum atomic E-state index is -0.352. The fraction of sp³-hybridized carbons (Fsp3) is 0.278. The van der Waals surface area contributed by atoms with Crippen molar-refractivity contribution in [2.24, 2.45) is 11.7 Å². The molecule has 24 heavy (non-hydrogen) atoms. The highest BCUT2D eigenvalue weighted by molar-refractivity contribution is 5.94. The SMILES string of the molecule is NC(=O)C1CCCN(C(=O)c2ccnc(Oc3ccccc3)c2)C1. The van der Waals surface area contributed by atoms with Gasteiger partial charge in [-0.3, -0.25) is 9.59 Å². The topological polar surface area (TPSA) is 85.5 Å². The number of likely N-dealkylation sites (tertiary alicyclic amines) is 1. The van der Waals surface area contributed by atoms with Gasteiger partial charge in [0.1, 0.15) is 5.75 Å². The van der Waals surface area contributed by atoms with Gasteiger partial charge in [0, 0.05) is 30.9 Å². The zero-order chi connectivity index (χ0) is 16.9. The first-order valence-corrected chi connectivity index (χ1v) is 7.91. The van der Waals surface area contributed by atoms with Gasteiger partial charge in [-0.05, 0) is 31.0 Å². The van der Waals surface area contributed by atoms with Crippen LogP contribution in [-0.2, 0) is 4.79 Å². The normalized spacial score (nSPS) is 17.3. The number of carbonyl (C=O) groups excluding carboxylic acids is 2. The Morgan fingerprint density at radius 2 is 2.00 bits per heavy atom. The molecule has 6 nitrogen and oxygen atoms in total. The van der Waals surface area contributed by atoms with E-state index in [9.17, 15) is 9.59 Å². The molecular weight excluding hydrogens is 306 g/mol. The number of ether oxygens (including phenoxy) is 1. The highest BCUT2D eigenvalue weighted by atomic mass is 16.5. The maximum Gasteiger partial charge on any atom is 0.254 e. The molecule has 6 heteroatoms. The second-order valence-electron chi connectivity index (χ2n) is 5.79. The standard InChI is InChI=1S/C18H19N3O3/c19-17(22)14-5-4-10-21(12-14)18(23)13-8-9-20-16(11-13)24-15-6-2-1-3-7-15/h1-3,6-9,11,14H,4-5,10,12H2,(H2,19,22). The number of para-hydroxylation sites is 1. The highest BCUT2D eigenvalue weighted by Crippen LogP contribution is 2.22. The minimum Gasteiger partial charge on any atom is -0.439 e. The molecule has 3 rings (SSSR count). The Morgan fingerprint density at radius 3 is 2.75 bits per heavy atom. The summed E-state index contributed by atoms with van der Waals surface area (Å²) in [5, 5.41) is 0. The summed E-state index contributed by atoms with van der Waals surface area (Å²) < 4.78 is 5.66. The first kappa shape index (κ1) is 16.0. The van der Waals surface area contributed by atoms with Crippen molar-refractivity contribution in [2.45, 2.75) is 12.8 Å². The van der Waals surface area contributed by atoms with Crippen LogP contribution in [0.15, 0.2) is 48.7 Å². The van der Waals surface area contributed by atoms with Crippen LogP contribution >= 0.6 is 0 Å². The van der Waals surface area contributed by atoms with Crippen molar-refractivity contribution >= 4 is 11.8 Å². The second kappa shape index (κ2) is 7.12. The fourth-order valence-electron chi connectivity index (χ4n) is 2.78. The molecule has 2 amide bonds. The number of rotatable bonds is 4. The van der Waals surface area contributed by atoms with Gasteiger partial charge < -0.3 is 15.4 Å². The molecule has 124 valence electrons. The number of benzene rings is 1. The Balaban J connectivity index is 1.73. The van der Waals surface area contributed by atoms with Gasteiger partial charge >= 0.3 is 0 Å². The summed E-state index contributed by atoms with van der Waals surface area (Å²) in [4.78, 5) is 29.8. The van der Waals surface area contributed by atoms with Crippen LogP contribution in [0.3, 0.4) is 0 Å². The zero-order valence-corrected chi connectivity index (χ0v) is 13.2.